The number of carbonyl (C=O) groups is 2. The number of ether oxygens (including phenoxy) is 3. The number of carbonyl (C=O) groups excluding carboxylic acids is 2. The second-order valence-corrected chi connectivity index (χ2v) is 9.60. The monoisotopic (exact) mass is 509 g/mol. The molecule has 1 aliphatic carbocycles. The van der Waals surface area contributed by atoms with Gasteiger partial charge in [-0.05, 0) is 48.1 Å². The van der Waals surface area contributed by atoms with Gasteiger partial charge in [0.2, 0.25) is 0 Å². The Hall–Kier alpha value is -4.32. The average molecular weight is 510 g/mol. The van der Waals surface area contributed by atoms with Gasteiger partial charge in [-0.3, -0.25) is 4.79 Å². The molecule has 1 heterocycles. The number of hydrogen-bond donors (Lipinski definition) is 1. The van der Waals surface area contributed by atoms with E-state index in [-0.39, 0.29) is 11.7 Å². The first-order chi connectivity index (χ1) is 18.5. The van der Waals surface area contributed by atoms with E-state index in [4.69, 9.17) is 14.2 Å². The van der Waals surface area contributed by atoms with Crippen LogP contribution in [0.4, 0.5) is 0 Å². The molecule has 0 amide bonds. The number of benzene rings is 3. The molecule has 0 fully saturated rings. The van der Waals surface area contributed by atoms with Gasteiger partial charge in [0.25, 0.3) is 0 Å². The molecule has 2 aliphatic rings. The van der Waals surface area contributed by atoms with Crippen molar-refractivity contribution in [2.45, 2.75) is 38.2 Å². The second kappa shape index (κ2) is 11.0. The molecule has 38 heavy (non-hydrogen) atoms. The van der Waals surface area contributed by atoms with Gasteiger partial charge in [0, 0.05) is 29.3 Å². The minimum Gasteiger partial charge on any atom is -0.493 e. The third kappa shape index (κ3) is 4.94. The zero-order valence-corrected chi connectivity index (χ0v) is 21.8. The molecule has 0 saturated heterocycles. The smallest absolute Gasteiger partial charge is 0.336 e. The summed E-state index contributed by atoms with van der Waals surface area (Å²) in [7, 11) is 2.94. The van der Waals surface area contributed by atoms with Crippen molar-refractivity contribution in [3.8, 4) is 11.5 Å². The van der Waals surface area contributed by atoms with E-state index in [0.29, 0.717) is 47.8 Å². The number of allylic oxidation sites excluding steroid dienone is 3. The topological polar surface area (TPSA) is 73.9 Å². The molecule has 3 aromatic rings. The Morgan fingerprint density at radius 2 is 1.61 bits per heavy atom. The van der Waals surface area contributed by atoms with Crippen molar-refractivity contribution in [2.75, 3.05) is 14.2 Å². The summed E-state index contributed by atoms with van der Waals surface area (Å²) in [6.45, 7) is 2.25. The average Bonchev–Trinajstić information content (AvgIpc) is 2.95. The summed E-state index contributed by atoms with van der Waals surface area (Å²) in [5.74, 6) is 0.184. The van der Waals surface area contributed by atoms with Crippen LogP contribution in [0, 0.1) is 0 Å². The van der Waals surface area contributed by atoms with E-state index >= 15 is 0 Å². The van der Waals surface area contributed by atoms with Gasteiger partial charge < -0.3 is 19.5 Å². The molecule has 3 aromatic carbocycles. The van der Waals surface area contributed by atoms with Gasteiger partial charge in [0.15, 0.2) is 17.3 Å². The van der Waals surface area contributed by atoms with Gasteiger partial charge in [-0.15, -0.1) is 0 Å². The van der Waals surface area contributed by atoms with E-state index in [1.165, 1.54) is 7.11 Å². The number of nitrogens with one attached hydrogen (secondary N) is 1. The molecule has 6 heteroatoms. The lowest BCUT2D eigenvalue weighted by Crippen LogP contribution is -2.36. The molecular weight excluding hydrogens is 478 g/mol. The number of methoxy groups -OCH3 is 2. The van der Waals surface area contributed by atoms with Gasteiger partial charge in [-0.1, -0.05) is 66.7 Å². The summed E-state index contributed by atoms with van der Waals surface area (Å²) in [6.07, 6.45) is 1.06. The Labute approximate surface area is 222 Å². The lowest BCUT2D eigenvalue weighted by Gasteiger charge is -2.36. The normalized spacial score (nSPS) is 19.0. The number of ketones is 1. The molecule has 5 rings (SSSR count). The van der Waals surface area contributed by atoms with Crippen molar-refractivity contribution < 1.29 is 23.8 Å². The summed E-state index contributed by atoms with van der Waals surface area (Å²) >= 11 is 0. The standard InChI is InChI=1S/C32H31NO5/c1-20-29(32(35)37-3)30(31-25(33-20)16-24(17-26(31)34)22-12-8-5-9-13-22)23-14-15-27(28(18-23)36-2)38-19-21-10-6-4-7-11-21/h4-15,18,24,30,33H,16-17,19H2,1-3H3/t24-,30-/m0/s1. The van der Waals surface area contributed by atoms with Crippen LogP contribution in [0.2, 0.25) is 0 Å². The van der Waals surface area contributed by atoms with Gasteiger partial charge in [-0.2, -0.15) is 0 Å². The summed E-state index contributed by atoms with van der Waals surface area (Å²) < 4.78 is 16.9. The van der Waals surface area contributed by atoms with E-state index < -0.39 is 11.9 Å². The van der Waals surface area contributed by atoms with Crippen LogP contribution in [0.5, 0.6) is 11.5 Å². The highest BCUT2D eigenvalue weighted by Gasteiger charge is 2.41. The zero-order chi connectivity index (χ0) is 26.6. The van der Waals surface area contributed by atoms with Crippen molar-refractivity contribution in [3.05, 3.63) is 118 Å². The van der Waals surface area contributed by atoms with Crippen LogP contribution in [0.25, 0.3) is 0 Å². The Bertz CT molecular complexity index is 1410. The molecular formula is C32H31NO5. The Morgan fingerprint density at radius 3 is 2.29 bits per heavy atom. The van der Waals surface area contributed by atoms with E-state index in [9.17, 15) is 9.59 Å². The zero-order valence-electron chi connectivity index (χ0n) is 21.8. The van der Waals surface area contributed by atoms with Gasteiger partial charge in [0.1, 0.15) is 6.61 Å². The quantitative estimate of drug-likeness (QED) is 0.405. The Kier molecular flexibility index (Phi) is 7.31. The van der Waals surface area contributed by atoms with Crippen molar-refractivity contribution in [2.24, 2.45) is 0 Å². The number of dihydropyridines is 1. The highest BCUT2D eigenvalue weighted by molar-refractivity contribution is 6.04. The van der Waals surface area contributed by atoms with Crippen LogP contribution in [0.3, 0.4) is 0 Å². The van der Waals surface area contributed by atoms with Crippen LogP contribution in [-0.4, -0.2) is 26.0 Å². The number of Topliss-reactive ketones (excluding diaryl/α,β-unsaturated/α-hetero) is 1. The summed E-state index contributed by atoms with van der Waals surface area (Å²) in [6, 6.07) is 25.6. The number of rotatable bonds is 7. The maximum absolute atomic E-state index is 13.7. The fourth-order valence-corrected chi connectivity index (χ4v) is 5.43. The van der Waals surface area contributed by atoms with E-state index in [1.807, 2.05) is 73.7 Å². The van der Waals surface area contributed by atoms with E-state index in [2.05, 4.69) is 17.4 Å². The van der Waals surface area contributed by atoms with Crippen LogP contribution in [0.1, 0.15) is 48.3 Å². The third-order valence-corrected chi connectivity index (χ3v) is 7.26. The summed E-state index contributed by atoms with van der Waals surface area (Å²) in [4.78, 5) is 26.7. The minimum absolute atomic E-state index is 0.0230. The van der Waals surface area contributed by atoms with Gasteiger partial charge >= 0.3 is 5.97 Å². The van der Waals surface area contributed by atoms with Gasteiger partial charge in [0.05, 0.1) is 19.8 Å². The van der Waals surface area contributed by atoms with Crippen LogP contribution >= 0.6 is 0 Å². The molecule has 2 atom stereocenters. The molecule has 194 valence electrons. The highest BCUT2D eigenvalue weighted by atomic mass is 16.5. The van der Waals surface area contributed by atoms with E-state index in [0.717, 1.165) is 22.4 Å². The minimum atomic E-state index is -0.569. The van der Waals surface area contributed by atoms with Crippen LogP contribution in [-0.2, 0) is 20.9 Å². The van der Waals surface area contributed by atoms with Crippen molar-refractivity contribution in [1.82, 2.24) is 5.32 Å². The molecule has 0 unspecified atom stereocenters. The predicted octanol–water partition coefficient (Wildman–Crippen LogP) is 5.81. The molecule has 0 aromatic heterocycles. The first-order valence-corrected chi connectivity index (χ1v) is 12.7. The third-order valence-electron chi connectivity index (χ3n) is 7.26. The van der Waals surface area contributed by atoms with Crippen molar-refractivity contribution >= 4 is 11.8 Å². The van der Waals surface area contributed by atoms with Crippen LogP contribution in [0.15, 0.2) is 101 Å². The Balaban J connectivity index is 1.53. The summed E-state index contributed by atoms with van der Waals surface area (Å²) in [5.41, 5.74) is 5.53. The van der Waals surface area contributed by atoms with E-state index in [1.54, 1.807) is 7.11 Å². The van der Waals surface area contributed by atoms with Gasteiger partial charge in [-0.25, -0.2) is 4.79 Å². The molecule has 0 radical (unpaired) electrons. The predicted molar refractivity (Wildman–Crippen MR) is 145 cm³/mol. The fourth-order valence-electron chi connectivity index (χ4n) is 5.43. The molecule has 0 saturated carbocycles. The SMILES string of the molecule is COC(=O)C1=C(C)NC2=C(C(=O)C[C@@H](c3ccccc3)C2)[C@H]1c1ccc(OCc2ccccc2)c(OC)c1. The lowest BCUT2D eigenvalue weighted by molar-refractivity contribution is -0.136. The van der Waals surface area contributed by atoms with Crippen molar-refractivity contribution in [1.29, 1.82) is 0 Å². The summed E-state index contributed by atoms with van der Waals surface area (Å²) in [5, 5.41) is 3.37. The highest BCUT2D eigenvalue weighted by Crippen LogP contribution is 2.47. The number of hydrogen-bond acceptors (Lipinski definition) is 6. The molecule has 0 spiro atoms. The maximum atomic E-state index is 13.7. The molecule has 1 N–H and O–H groups in total. The molecule has 6 nitrogen and oxygen atoms in total. The molecule has 0 bridgehead atoms. The lowest BCUT2D eigenvalue weighted by atomic mass is 9.71. The molecule has 1 aliphatic heterocycles. The first kappa shape index (κ1) is 25.3. The second-order valence-electron chi connectivity index (χ2n) is 9.60. The van der Waals surface area contributed by atoms with Crippen LogP contribution < -0.4 is 14.8 Å². The number of esters is 1. The van der Waals surface area contributed by atoms with Crippen molar-refractivity contribution in [3.63, 3.8) is 0 Å². The first-order valence-electron chi connectivity index (χ1n) is 12.7. The maximum Gasteiger partial charge on any atom is 0.336 e. The fraction of sp³-hybridized carbons (Fsp3) is 0.250. The largest absolute Gasteiger partial charge is 0.493 e. The Morgan fingerprint density at radius 1 is 0.895 bits per heavy atom.